The maximum absolute atomic E-state index is 11.2. The summed E-state index contributed by atoms with van der Waals surface area (Å²) in [4.78, 5) is 11.2. The molecule has 2 nitrogen and oxygen atoms in total. The van der Waals surface area contributed by atoms with Crippen molar-refractivity contribution >= 4 is 25.5 Å². The molecule has 92 valence electrons. The van der Waals surface area contributed by atoms with Gasteiger partial charge in [-0.25, -0.2) is 0 Å². The van der Waals surface area contributed by atoms with Crippen LogP contribution in [0, 0.1) is 0 Å². The van der Waals surface area contributed by atoms with Crippen LogP contribution in [0.3, 0.4) is 0 Å². The molecular formula is C11H23BrO2Te. The minimum absolute atomic E-state index is 0. The summed E-state index contributed by atoms with van der Waals surface area (Å²) in [5.74, 6) is 0.0220. The van der Waals surface area contributed by atoms with Crippen molar-refractivity contribution in [3.05, 3.63) is 0 Å². The zero-order valence-electron chi connectivity index (χ0n) is 10.1. The molecule has 0 rings (SSSR count). The molecule has 4 heteroatoms. The number of hydrogen-bond acceptors (Lipinski definition) is 2. The first-order valence-corrected chi connectivity index (χ1v) is 10.4. The quantitative estimate of drug-likeness (QED) is 0.436. The van der Waals surface area contributed by atoms with Gasteiger partial charge in [-0.2, -0.15) is 0 Å². The van der Waals surface area contributed by atoms with Gasteiger partial charge in [-0.05, 0) is 0 Å². The van der Waals surface area contributed by atoms with Gasteiger partial charge in [-0.15, -0.1) is 0 Å². The molecular weight excluding hydrogens is 372 g/mol. The number of halogens is 1. The van der Waals surface area contributed by atoms with Gasteiger partial charge in [0.25, 0.3) is 0 Å². The van der Waals surface area contributed by atoms with E-state index in [1.165, 1.54) is 41.7 Å². The fourth-order valence-corrected chi connectivity index (χ4v) is 7.84. The third kappa shape index (κ3) is 11.0. The first-order chi connectivity index (χ1) is 6.74. The molecule has 0 heterocycles. The summed E-state index contributed by atoms with van der Waals surface area (Å²) >= 11 is -1.12. The van der Waals surface area contributed by atoms with E-state index in [2.05, 4.69) is 13.8 Å². The third-order valence-corrected chi connectivity index (χ3v) is 8.90. The van der Waals surface area contributed by atoms with Crippen molar-refractivity contribution in [2.24, 2.45) is 0 Å². The van der Waals surface area contributed by atoms with Gasteiger partial charge in [0.2, 0.25) is 0 Å². The second kappa shape index (κ2) is 12.8. The van der Waals surface area contributed by atoms with Crippen molar-refractivity contribution in [3.63, 3.8) is 0 Å². The van der Waals surface area contributed by atoms with E-state index >= 15 is 0 Å². The minimum atomic E-state index is -1.12. The summed E-state index contributed by atoms with van der Waals surface area (Å²) in [5, 5.41) is 0. The molecule has 0 spiro atoms. The molecule has 0 N–H and O–H groups in total. The van der Waals surface area contributed by atoms with Gasteiger partial charge < -0.3 is 17.0 Å². The van der Waals surface area contributed by atoms with Crippen LogP contribution in [0.4, 0.5) is 0 Å². The van der Waals surface area contributed by atoms with Crippen LogP contribution >= 0.6 is 0 Å². The van der Waals surface area contributed by atoms with Crippen molar-refractivity contribution < 1.29 is 26.5 Å². The normalized spacial score (nSPS) is 9.87. The summed E-state index contributed by atoms with van der Waals surface area (Å²) in [6.07, 6.45) is 5.12. The molecule has 0 aliphatic carbocycles. The van der Waals surface area contributed by atoms with Crippen molar-refractivity contribution in [2.45, 2.75) is 52.9 Å². The van der Waals surface area contributed by atoms with E-state index in [9.17, 15) is 4.79 Å². The topological polar surface area (TPSA) is 26.3 Å². The Bertz CT molecular complexity index is 146. The van der Waals surface area contributed by atoms with Crippen molar-refractivity contribution in [1.82, 2.24) is 0 Å². The van der Waals surface area contributed by atoms with E-state index in [4.69, 9.17) is 4.74 Å². The van der Waals surface area contributed by atoms with Gasteiger partial charge in [-0.3, -0.25) is 0 Å². The Morgan fingerprint density at radius 3 is 1.93 bits per heavy atom. The molecule has 15 heavy (non-hydrogen) atoms. The van der Waals surface area contributed by atoms with E-state index < -0.39 is 19.6 Å². The Labute approximate surface area is 112 Å². The SMILES string of the molecule is CCCC[Te+](CCCC)CC(=O)OC.[Br-]. The summed E-state index contributed by atoms with van der Waals surface area (Å²) in [5.41, 5.74) is 0. The minimum Gasteiger partial charge on any atom is -1.00 e. The number of methoxy groups -OCH3 is 1. The Kier molecular flexibility index (Phi) is 15.5. The second-order valence-electron chi connectivity index (χ2n) is 3.45. The number of unbranched alkanes of at least 4 members (excludes halogenated alkanes) is 2. The predicted octanol–water partition coefficient (Wildman–Crippen LogP) is 0.258. The summed E-state index contributed by atoms with van der Waals surface area (Å²) in [6, 6.07) is 0. The van der Waals surface area contributed by atoms with E-state index in [-0.39, 0.29) is 23.0 Å². The Morgan fingerprint density at radius 2 is 1.60 bits per heavy atom. The van der Waals surface area contributed by atoms with Crippen LogP contribution in [0.25, 0.3) is 0 Å². The third-order valence-electron chi connectivity index (χ3n) is 2.12. The first-order valence-electron chi connectivity index (χ1n) is 5.45. The maximum Gasteiger partial charge on any atom is -1.00 e. The zero-order valence-corrected chi connectivity index (χ0v) is 14.0. The van der Waals surface area contributed by atoms with Crippen LogP contribution < -0.4 is 17.0 Å². The van der Waals surface area contributed by atoms with Crippen LogP contribution in [-0.2, 0) is 9.53 Å². The molecule has 0 bridgehead atoms. The number of esters is 1. The van der Waals surface area contributed by atoms with Gasteiger partial charge >= 0.3 is 95.1 Å². The fraction of sp³-hybridized carbons (Fsp3) is 0.909. The van der Waals surface area contributed by atoms with Crippen LogP contribution in [-0.4, -0.2) is 32.6 Å². The Hall–Kier alpha value is 0.740. The van der Waals surface area contributed by atoms with Crippen molar-refractivity contribution in [2.75, 3.05) is 7.11 Å². The second-order valence-corrected chi connectivity index (χ2v) is 10.1. The Balaban J connectivity index is 0. The number of hydrogen-bond donors (Lipinski definition) is 0. The molecule has 0 aliphatic rings. The van der Waals surface area contributed by atoms with Gasteiger partial charge in [-0.1, -0.05) is 0 Å². The summed E-state index contributed by atoms with van der Waals surface area (Å²) in [6.45, 7) is 4.43. The molecule has 0 atom stereocenters. The molecule has 0 unspecified atom stereocenters. The molecule has 0 aromatic carbocycles. The predicted molar refractivity (Wildman–Crippen MR) is 62.0 cm³/mol. The average Bonchev–Trinajstić information content (AvgIpc) is 2.21. The van der Waals surface area contributed by atoms with Crippen molar-refractivity contribution in [1.29, 1.82) is 0 Å². The van der Waals surface area contributed by atoms with Gasteiger partial charge in [0.15, 0.2) is 0 Å². The van der Waals surface area contributed by atoms with Crippen LogP contribution in [0.15, 0.2) is 0 Å². The van der Waals surface area contributed by atoms with E-state index in [0.717, 1.165) is 4.47 Å². The van der Waals surface area contributed by atoms with Gasteiger partial charge in [0.05, 0.1) is 0 Å². The standard InChI is InChI=1S/C11H23O2Te.BrH/c1-4-6-8-14(9-7-5-2)10-11(12)13-3;/h4-10H2,1-3H3;1H/q+1;/p-1. The van der Waals surface area contributed by atoms with Crippen LogP contribution in [0.2, 0.25) is 13.4 Å². The number of carbonyl (C=O) groups is 1. The molecule has 0 saturated carbocycles. The summed E-state index contributed by atoms with van der Waals surface area (Å²) in [7, 11) is 1.50. The van der Waals surface area contributed by atoms with Crippen LogP contribution in [0.5, 0.6) is 0 Å². The summed E-state index contributed by atoms with van der Waals surface area (Å²) < 4.78 is 8.21. The van der Waals surface area contributed by atoms with E-state index in [1.807, 2.05) is 0 Å². The number of ether oxygens (including phenoxy) is 1. The van der Waals surface area contributed by atoms with Gasteiger partial charge in [0, 0.05) is 0 Å². The van der Waals surface area contributed by atoms with Crippen LogP contribution in [0.1, 0.15) is 39.5 Å². The Morgan fingerprint density at radius 1 is 1.13 bits per heavy atom. The zero-order chi connectivity index (χ0) is 10.8. The smallest absolute Gasteiger partial charge is 1.00 e. The maximum atomic E-state index is 11.2. The number of carbonyl (C=O) groups excluding carboxylic acids is 1. The van der Waals surface area contributed by atoms with Crippen molar-refractivity contribution in [3.8, 4) is 0 Å². The molecule has 0 aromatic heterocycles. The average molecular weight is 395 g/mol. The molecule has 0 fully saturated rings. The molecule has 0 aliphatic heterocycles. The molecule has 0 amide bonds. The first kappa shape index (κ1) is 18.1. The molecule has 0 radical (unpaired) electrons. The van der Waals surface area contributed by atoms with E-state index in [1.54, 1.807) is 0 Å². The molecule has 0 saturated heterocycles. The van der Waals surface area contributed by atoms with Gasteiger partial charge in [0.1, 0.15) is 0 Å². The molecule has 0 aromatic rings. The monoisotopic (exact) mass is 396 g/mol. The number of rotatable bonds is 8. The van der Waals surface area contributed by atoms with E-state index in [0.29, 0.717) is 0 Å². The fourth-order valence-electron chi connectivity index (χ4n) is 1.17. The largest absolute Gasteiger partial charge is 1.00 e.